The van der Waals surface area contributed by atoms with Crippen molar-refractivity contribution >= 4 is 16.5 Å². The van der Waals surface area contributed by atoms with Gasteiger partial charge >= 0.3 is 0 Å². The van der Waals surface area contributed by atoms with Crippen molar-refractivity contribution in [3.63, 3.8) is 0 Å². The van der Waals surface area contributed by atoms with Crippen molar-refractivity contribution in [1.29, 1.82) is 0 Å². The van der Waals surface area contributed by atoms with Gasteiger partial charge in [0.05, 0.1) is 12.1 Å². The largest absolute Gasteiger partial charge is 0.391 e. The number of nitrogens with one attached hydrogen (secondary N) is 1. The SMILES string of the molecule is O[C@@H]1CCCC[C@H]1Nc1cccc2ccccc12. The zero-order valence-corrected chi connectivity index (χ0v) is 10.5. The predicted molar refractivity (Wildman–Crippen MR) is 75.8 cm³/mol. The van der Waals surface area contributed by atoms with E-state index in [4.69, 9.17) is 0 Å². The zero-order chi connectivity index (χ0) is 12.4. The first-order chi connectivity index (χ1) is 8.84. The van der Waals surface area contributed by atoms with Crippen molar-refractivity contribution in [2.24, 2.45) is 0 Å². The first kappa shape index (κ1) is 11.5. The van der Waals surface area contributed by atoms with Gasteiger partial charge in [-0.2, -0.15) is 0 Å². The number of aliphatic hydroxyl groups excluding tert-OH is 1. The fourth-order valence-corrected chi connectivity index (χ4v) is 2.83. The highest BCUT2D eigenvalue weighted by atomic mass is 16.3. The van der Waals surface area contributed by atoms with Crippen LogP contribution < -0.4 is 5.32 Å². The Morgan fingerprint density at radius 1 is 0.944 bits per heavy atom. The van der Waals surface area contributed by atoms with Gasteiger partial charge in [0.2, 0.25) is 0 Å². The summed E-state index contributed by atoms with van der Waals surface area (Å²) in [5.41, 5.74) is 1.14. The minimum atomic E-state index is -0.210. The molecular formula is C16H19NO. The van der Waals surface area contributed by atoms with E-state index in [2.05, 4.69) is 47.8 Å². The number of hydrogen-bond acceptors (Lipinski definition) is 2. The lowest BCUT2D eigenvalue weighted by Gasteiger charge is -2.29. The summed E-state index contributed by atoms with van der Waals surface area (Å²) in [6.45, 7) is 0. The van der Waals surface area contributed by atoms with Gasteiger partial charge in [-0.25, -0.2) is 0 Å². The highest BCUT2D eigenvalue weighted by molar-refractivity contribution is 5.93. The van der Waals surface area contributed by atoms with Crippen molar-refractivity contribution in [2.75, 3.05) is 5.32 Å². The van der Waals surface area contributed by atoms with Crippen LogP contribution in [0, 0.1) is 0 Å². The molecule has 94 valence electrons. The molecule has 2 aromatic rings. The number of rotatable bonds is 2. The first-order valence-corrected chi connectivity index (χ1v) is 6.77. The summed E-state index contributed by atoms with van der Waals surface area (Å²) in [5, 5.41) is 16.0. The molecule has 0 heterocycles. The van der Waals surface area contributed by atoms with E-state index in [1.54, 1.807) is 0 Å². The van der Waals surface area contributed by atoms with E-state index >= 15 is 0 Å². The number of benzene rings is 2. The van der Waals surface area contributed by atoms with Crippen LogP contribution in [-0.4, -0.2) is 17.3 Å². The molecule has 2 N–H and O–H groups in total. The second-order valence-corrected chi connectivity index (χ2v) is 5.13. The summed E-state index contributed by atoms with van der Waals surface area (Å²) in [6.07, 6.45) is 4.12. The first-order valence-electron chi connectivity index (χ1n) is 6.77. The van der Waals surface area contributed by atoms with Crippen LogP contribution in [0.4, 0.5) is 5.69 Å². The highest BCUT2D eigenvalue weighted by Crippen LogP contribution is 2.27. The minimum Gasteiger partial charge on any atom is -0.391 e. The molecule has 1 fully saturated rings. The van der Waals surface area contributed by atoms with Crippen LogP contribution in [0.1, 0.15) is 25.7 Å². The van der Waals surface area contributed by atoms with Gasteiger partial charge in [-0.3, -0.25) is 0 Å². The third-order valence-electron chi connectivity index (χ3n) is 3.86. The van der Waals surface area contributed by atoms with Crippen LogP contribution in [0.5, 0.6) is 0 Å². The molecule has 18 heavy (non-hydrogen) atoms. The Morgan fingerprint density at radius 3 is 2.61 bits per heavy atom. The van der Waals surface area contributed by atoms with Crippen LogP contribution >= 0.6 is 0 Å². The maximum atomic E-state index is 10.0. The topological polar surface area (TPSA) is 32.3 Å². The number of fused-ring (bicyclic) bond motifs is 1. The van der Waals surface area contributed by atoms with Crippen LogP contribution in [-0.2, 0) is 0 Å². The van der Waals surface area contributed by atoms with Crippen molar-refractivity contribution < 1.29 is 5.11 Å². The maximum Gasteiger partial charge on any atom is 0.0741 e. The lowest BCUT2D eigenvalue weighted by molar-refractivity contribution is 0.116. The Kier molecular flexibility index (Phi) is 3.20. The summed E-state index contributed by atoms with van der Waals surface area (Å²) < 4.78 is 0. The van der Waals surface area contributed by atoms with E-state index < -0.39 is 0 Å². The average Bonchev–Trinajstić information content (AvgIpc) is 2.42. The summed E-state index contributed by atoms with van der Waals surface area (Å²) in [4.78, 5) is 0. The smallest absolute Gasteiger partial charge is 0.0741 e. The number of anilines is 1. The van der Waals surface area contributed by atoms with Crippen LogP contribution in [0.25, 0.3) is 10.8 Å². The third-order valence-corrected chi connectivity index (χ3v) is 3.86. The van der Waals surface area contributed by atoms with Crippen molar-refractivity contribution in [3.05, 3.63) is 42.5 Å². The third kappa shape index (κ3) is 2.21. The molecule has 1 aliphatic carbocycles. The van der Waals surface area contributed by atoms with Gasteiger partial charge < -0.3 is 10.4 Å². The van der Waals surface area contributed by atoms with Crippen LogP contribution in [0.2, 0.25) is 0 Å². The van der Waals surface area contributed by atoms with E-state index in [0.29, 0.717) is 0 Å². The second-order valence-electron chi connectivity index (χ2n) is 5.13. The number of hydrogen-bond donors (Lipinski definition) is 2. The molecule has 0 saturated heterocycles. The summed E-state index contributed by atoms with van der Waals surface area (Å²) >= 11 is 0. The van der Waals surface area contributed by atoms with Gasteiger partial charge in [0.15, 0.2) is 0 Å². The van der Waals surface area contributed by atoms with Crippen LogP contribution in [0.3, 0.4) is 0 Å². The molecule has 0 bridgehead atoms. The van der Waals surface area contributed by atoms with Gasteiger partial charge in [0, 0.05) is 11.1 Å². The molecule has 2 heteroatoms. The fraction of sp³-hybridized carbons (Fsp3) is 0.375. The van der Waals surface area contributed by atoms with E-state index in [1.807, 2.05) is 0 Å². The maximum absolute atomic E-state index is 10.0. The normalized spacial score (nSPS) is 24.1. The fourth-order valence-electron chi connectivity index (χ4n) is 2.83. The lowest BCUT2D eigenvalue weighted by atomic mass is 9.92. The predicted octanol–water partition coefficient (Wildman–Crippen LogP) is 3.56. The lowest BCUT2D eigenvalue weighted by Crippen LogP contribution is -2.36. The van der Waals surface area contributed by atoms with Gasteiger partial charge in [0.25, 0.3) is 0 Å². The summed E-state index contributed by atoms with van der Waals surface area (Å²) in [7, 11) is 0. The second kappa shape index (κ2) is 4.99. The molecule has 1 aliphatic rings. The Bertz CT molecular complexity index is 532. The molecule has 2 nitrogen and oxygen atoms in total. The molecule has 0 spiro atoms. The Morgan fingerprint density at radius 2 is 1.72 bits per heavy atom. The van der Waals surface area contributed by atoms with Crippen molar-refractivity contribution in [2.45, 2.75) is 37.8 Å². The molecule has 0 aliphatic heterocycles. The van der Waals surface area contributed by atoms with E-state index in [-0.39, 0.29) is 12.1 Å². The molecule has 0 unspecified atom stereocenters. The minimum absolute atomic E-state index is 0.199. The van der Waals surface area contributed by atoms with Gasteiger partial charge in [-0.05, 0) is 24.3 Å². The molecule has 0 amide bonds. The summed E-state index contributed by atoms with van der Waals surface area (Å²) in [6, 6.07) is 14.9. The standard InChI is InChI=1S/C16H19NO/c18-16-11-4-3-9-15(16)17-14-10-5-7-12-6-1-2-8-13(12)14/h1-2,5-8,10,15-18H,3-4,9,11H2/t15-,16-/m1/s1. The molecule has 0 aromatic heterocycles. The van der Waals surface area contributed by atoms with Gasteiger partial charge in [-0.15, -0.1) is 0 Å². The average molecular weight is 241 g/mol. The molecular weight excluding hydrogens is 222 g/mol. The Labute approximate surface area is 108 Å². The number of aliphatic hydroxyl groups is 1. The van der Waals surface area contributed by atoms with Crippen molar-refractivity contribution in [3.8, 4) is 0 Å². The van der Waals surface area contributed by atoms with E-state index in [9.17, 15) is 5.11 Å². The Balaban J connectivity index is 1.90. The molecule has 1 saturated carbocycles. The molecule has 3 rings (SSSR count). The quantitative estimate of drug-likeness (QED) is 0.842. The Hall–Kier alpha value is -1.54. The monoisotopic (exact) mass is 241 g/mol. The highest BCUT2D eigenvalue weighted by Gasteiger charge is 2.22. The molecule has 2 atom stereocenters. The van der Waals surface area contributed by atoms with Gasteiger partial charge in [0.1, 0.15) is 0 Å². The van der Waals surface area contributed by atoms with Gasteiger partial charge in [-0.1, -0.05) is 49.2 Å². The van der Waals surface area contributed by atoms with E-state index in [0.717, 1.165) is 24.9 Å². The molecule has 2 aromatic carbocycles. The van der Waals surface area contributed by atoms with Crippen molar-refractivity contribution in [1.82, 2.24) is 0 Å². The summed E-state index contributed by atoms with van der Waals surface area (Å²) in [5.74, 6) is 0. The van der Waals surface area contributed by atoms with Crippen LogP contribution in [0.15, 0.2) is 42.5 Å². The molecule has 0 radical (unpaired) electrons. The zero-order valence-electron chi connectivity index (χ0n) is 10.5. The van der Waals surface area contributed by atoms with E-state index in [1.165, 1.54) is 17.2 Å².